The fourth-order valence-corrected chi connectivity index (χ4v) is 4.36. The molecule has 0 aliphatic carbocycles. The highest BCUT2D eigenvalue weighted by Crippen LogP contribution is 2.22. The molecular weight excluding hydrogens is 422 g/mol. The van der Waals surface area contributed by atoms with Crippen LogP contribution in [-0.2, 0) is 11.3 Å². The standard InChI is InChI=1S/C29H29N3O2/c33-29(22-34-28-15-10-24-8-4-5-9-25(24)20-28)30-26-11-13-27(14-12-26)32-18-16-31(17-19-32)21-23-6-2-1-3-7-23/h1-15,20H,16-19,21-22H2,(H,30,33). The maximum Gasteiger partial charge on any atom is 0.262 e. The van der Waals surface area contributed by atoms with Gasteiger partial charge >= 0.3 is 0 Å². The molecule has 1 aliphatic rings. The summed E-state index contributed by atoms with van der Waals surface area (Å²) in [6.07, 6.45) is 0. The van der Waals surface area contributed by atoms with Gasteiger partial charge in [0.1, 0.15) is 5.75 Å². The molecule has 0 saturated carbocycles. The van der Waals surface area contributed by atoms with E-state index in [4.69, 9.17) is 4.74 Å². The Balaban J connectivity index is 1.09. The highest BCUT2D eigenvalue weighted by Gasteiger charge is 2.17. The van der Waals surface area contributed by atoms with Gasteiger partial charge in [0.05, 0.1) is 0 Å². The van der Waals surface area contributed by atoms with Crippen LogP contribution in [-0.4, -0.2) is 43.6 Å². The van der Waals surface area contributed by atoms with Crippen molar-refractivity contribution in [3.63, 3.8) is 0 Å². The summed E-state index contributed by atoms with van der Waals surface area (Å²) in [5.41, 5.74) is 3.32. The number of fused-ring (bicyclic) bond motifs is 1. The molecule has 0 radical (unpaired) electrons. The number of carbonyl (C=O) groups is 1. The van der Waals surface area contributed by atoms with Gasteiger partial charge in [0.15, 0.2) is 6.61 Å². The highest BCUT2D eigenvalue weighted by molar-refractivity contribution is 5.92. The number of anilines is 2. The average Bonchev–Trinajstić information content (AvgIpc) is 2.89. The van der Waals surface area contributed by atoms with E-state index in [1.54, 1.807) is 0 Å². The van der Waals surface area contributed by atoms with Crippen molar-refractivity contribution in [3.05, 3.63) is 103 Å². The number of amides is 1. The number of nitrogens with zero attached hydrogens (tertiary/aromatic N) is 2. The molecule has 0 unspecified atom stereocenters. The molecule has 5 heteroatoms. The van der Waals surface area contributed by atoms with Crippen LogP contribution in [0.25, 0.3) is 10.8 Å². The van der Waals surface area contributed by atoms with E-state index >= 15 is 0 Å². The summed E-state index contributed by atoms with van der Waals surface area (Å²) in [7, 11) is 0. The molecule has 172 valence electrons. The van der Waals surface area contributed by atoms with E-state index in [-0.39, 0.29) is 12.5 Å². The summed E-state index contributed by atoms with van der Waals surface area (Å²) in [4.78, 5) is 17.3. The number of benzene rings is 4. The molecule has 5 rings (SSSR count). The molecule has 0 atom stereocenters. The normalized spacial score (nSPS) is 14.2. The van der Waals surface area contributed by atoms with Crippen molar-refractivity contribution in [1.29, 1.82) is 0 Å². The van der Waals surface area contributed by atoms with Crippen LogP contribution in [0.1, 0.15) is 5.56 Å². The predicted octanol–water partition coefficient (Wildman–Crippen LogP) is 5.18. The number of carbonyl (C=O) groups excluding carboxylic acids is 1. The lowest BCUT2D eigenvalue weighted by molar-refractivity contribution is -0.118. The summed E-state index contributed by atoms with van der Waals surface area (Å²) in [5.74, 6) is 0.519. The first-order valence-electron chi connectivity index (χ1n) is 11.8. The zero-order valence-corrected chi connectivity index (χ0v) is 19.2. The maximum atomic E-state index is 12.4. The van der Waals surface area contributed by atoms with E-state index in [0.29, 0.717) is 5.75 Å². The Labute approximate surface area is 200 Å². The molecule has 1 aliphatic heterocycles. The third kappa shape index (κ3) is 5.56. The van der Waals surface area contributed by atoms with Crippen molar-refractivity contribution in [2.24, 2.45) is 0 Å². The van der Waals surface area contributed by atoms with E-state index < -0.39 is 0 Å². The van der Waals surface area contributed by atoms with Crippen molar-refractivity contribution in [1.82, 2.24) is 4.90 Å². The summed E-state index contributed by atoms with van der Waals surface area (Å²) in [6.45, 7) is 5.06. The van der Waals surface area contributed by atoms with Crippen LogP contribution in [0.5, 0.6) is 5.75 Å². The molecular formula is C29H29N3O2. The first-order chi connectivity index (χ1) is 16.7. The Bertz CT molecular complexity index is 1230. The lowest BCUT2D eigenvalue weighted by Gasteiger charge is -2.36. The van der Waals surface area contributed by atoms with Crippen molar-refractivity contribution in [2.45, 2.75) is 6.54 Å². The van der Waals surface area contributed by atoms with Crippen LogP contribution in [0.15, 0.2) is 97.1 Å². The van der Waals surface area contributed by atoms with Gasteiger partial charge in [0.2, 0.25) is 0 Å². The second-order valence-corrected chi connectivity index (χ2v) is 8.64. The van der Waals surface area contributed by atoms with Crippen LogP contribution in [0.4, 0.5) is 11.4 Å². The van der Waals surface area contributed by atoms with Crippen molar-refractivity contribution in [2.75, 3.05) is 43.0 Å². The molecule has 1 amide bonds. The minimum absolute atomic E-state index is 0.0243. The number of nitrogens with one attached hydrogen (secondary N) is 1. The number of piperazine rings is 1. The third-order valence-corrected chi connectivity index (χ3v) is 6.23. The molecule has 5 nitrogen and oxygen atoms in total. The van der Waals surface area contributed by atoms with Gasteiger partial charge in [-0.2, -0.15) is 0 Å². The second kappa shape index (κ2) is 10.4. The largest absolute Gasteiger partial charge is 0.484 e. The molecule has 0 spiro atoms. The smallest absolute Gasteiger partial charge is 0.262 e. The van der Waals surface area contributed by atoms with E-state index in [9.17, 15) is 4.79 Å². The molecule has 1 fully saturated rings. The lowest BCUT2D eigenvalue weighted by Crippen LogP contribution is -2.45. The molecule has 1 heterocycles. The summed E-state index contributed by atoms with van der Waals surface area (Å²) >= 11 is 0. The van der Waals surface area contributed by atoms with Crippen LogP contribution >= 0.6 is 0 Å². The Kier molecular flexibility index (Phi) is 6.73. The zero-order chi connectivity index (χ0) is 23.2. The number of ether oxygens (including phenoxy) is 1. The Morgan fingerprint density at radius 2 is 1.47 bits per heavy atom. The van der Waals surface area contributed by atoms with Crippen LogP contribution in [0.2, 0.25) is 0 Å². The Morgan fingerprint density at radius 1 is 0.765 bits per heavy atom. The number of hydrogen-bond acceptors (Lipinski definition) is 4. The summed E-state index contributed by atoms with van der Waals surface area (Å²) in [6, 6.07) is 32.6. The topological polar surface area (TPSA) is 44.8 Å². The van der Waals surface area contributed by atoms with Crippen molar-refractivity contribution >= 4 is 28.1 Å². The molecule has 4 aromatic rings. The quantitative estimate of drug-likeness (QED) is 0.421. The monoisotopic (exact) mass is 451 g/mol. The van der Waals surface area contributed by atoms with Crippen LogP contribution in [0.3, 0.4) is 0 Å². The van der Waals surface area contributed by atoms with E-state index in [1.807, 2.05) is 48.5 Å². The van der Waals surface area contributed by atoms with Crippen LogP contribution < -0.4 is 15.0 Å². The molecule has 4 aromatic carbocycles. The van der Waals surface area contributed by atoms with Gasteiger partial charge < -0.3 is 15.0 Å². The zero-order valence-electron chi connectivity index (χ0n) is 19.2. The fourth-order valence-electron chi connectivity index (χ4n) is 4.36. The van der Waals surface area contributed by atoms with Crippen molar-refractivity contribution < 1.29 is 9.53 Å². The van der Waals surface area contributed by atoms with E-state index in [2.05, 4.69) is 63.6 Å². The minimum Gasteiger partial charge on any atom is -0.484 e. The summed E-state index contributed by atoms with van der Waals surface area (Å²) in [5, 5.41) is 5.17. The highest BCUT2D eigenvalue weighted by atomic mass is 16.5. The molecule has 1 saturated heterocycles. The van der Waals surface area contributed by atoms with Crippen LogP contribution in [0, 0.1) is 0 Å². The summed E-state index contributed by atoms with van der Waals surface area (Å²) < 4.78 is 5.69. The maximum absolute atomic E-state index is 12.4. The van der Waals surface area contributed by atoms with Gasteiger partial charge in [-0.15, -0.1) is 0 Å². The van der Waals surface area contributed by atoms with Gasteiger partial charge in [0, 0.05) is 44.1 Å². The molecule has 0 bridgehead atoms. The third-order valence-electron chi connectivity index (χ3n) is 6.23. The fraction of sp³-hybridized carbons (Fsp3) is 0.207. The molecule has 0 aromatic heterocycles. The molecule has 1 N–H and O–H groups in total. The Morgan fingerprint density at radius 3 is 2.24 bits per heavy atom. The minimum atomic E-state index is -0.171. The van der Waals surface area contributed by atoms with Gasteiger partial charge in [0.25, 0.3) is 5.91 Å². The number of hydrogen-bond donors (Lipinski definition) is 1. The van der Waals surface area contributed by atoms with E-state index in [0.717, 1.165) is 49.2 Å². The first-order valence-corrected chi connectivity index (χ1v) is 11.8. The van der Waals surface area contributed by atoms with Gasteiger partial charge in [-0.05, 0) is 52.7 Å². The predicted molar refractivity (Wildman–Crippen MR) is 138 cm³/mol. The average molecular weight is 452 g/mol. The lowest BCUT2D eigenvalue weighted by atomic mass is 10.1. The van der Waals surface area contributed by atoms with Crippen molar-refractivity contribution in [3.8, 4) is 5.75 Å². The van der Waals surface area contributed by atoms with E-state index in [1.165, 1.54) is 11.3 Å². The van der Waals surface area contributed by atoms with Gasteiger partial charge in [-0.25, -0.2) is 0 Å². The number of rotatable bonds is 7. The Hall–Kier alpha value is -3.83. The van der Waals surface area contributed by atoms with Gasteiger partial charge in [-0.1, -0.05) is 60.7 Å². The first kappa shape index (κ1) is 22.0. The SMILES string of the molecule is O=C(COc1ccc2ccccc2c1)Nc1ccc(N2CCN(Cc3ccccc3)CC2)cc1. The van der Waals surface area contributed by atoms with Gasteiger partial charge in [-0.3, -0.25) is 9.69 Å². The second-order valence-electron chi connectivity index (χ2n) is 8.64. The molecule has 34 heavy (non-hydrogen) atoms.